The first-order chi connectivity index (χ1) is 10.0. The molecule has 0 fully saturated rings. The summed E-state index contributed by atoms with van der Waals surface area (Å²) < 4.78 is 5.08. The number of benzene rings is 1. The number of carbonyl (C=O) groups is 1. The summed E-state index contributed by atoms with van der Waals surface area (Å²) in [6.45, 7) is 2.62. The van der Waals surface area contributed by atoms with Gasteiger partial charge in [-0.3, -0.25) is 14.9 Å². The van der Waals surface area contributed by atoms with Crippen LogP contribution in [0, 0.1) is 10.1 Å². The van der Waals surface area contributed by atoms with Crippen molar-refractivity contribution in [1.82, 2.24) is 4.90 Å². The van der Waals surface area contributed by atoms with E-state index in [0.29, 0.717) is 6.54 Å². The van der Waals surface area contributed by atoms with Crippen LogP contribution in [-0.4, -0.2) is 47.6 Å². The van der Waals surface area contributed by atoms with Gasteiger partial charge in [0.15, 0.2) is 0 Å². The molecular weight excluding hydrogens is 276 g/mol. The predicted molar refractivity (Wildman–Crippen MR) is 77.5 cm³/mol. The Morgan fingerprint density at radius 1 is 1.43 bits per heavy atom. The molecule has 0 saturated heterocycles. The Hall–Kier alpha value is -2.15. The highest BCUT2D eigenvalue weighted by molar-refractivity contribution is 5.97. The van der Waals surface area contributed by atoms with E-state index in [4.69, 9.17) is 9.84 Å². The number of rotatable bonds is 8. The van der Waals surface area contributed by atoms with Gasteiger partial charge in [-0.25, -0.2) is 0 Å². The number of unbranched alkanes of at least 4 members (excludes halogenated alkanes) is 1. The molecule has 1 rings (SSSR count). The molecule has 0 unspecified atom stereocenters. The van der Waals surface area contributed by atoms with Crippen LogP contribution in [-0.2, 0) is 0 Å². The highest BCUT2D eigenvalue weighted by Crippen LogP contribution is 2.25. The van der Waals surface area contributed by atoms with Gasteiger partial charge in [-0.05, 0) is 12.5 Å². The maximum Gasteiger partial charge on any atom is 0.273 e. The molecule has 0 radical (unpaired) electrons. The Kier molecular flexibility index (Phi) is 6.61. The average Bonchev–Trinajstić information content (AvgIpc) is 2.49. The lowest BCUT2D eigenvalue weighted by Gasteiger charge is -2.22. The van der Waals surface area contributed by atoms with E-state index < -0.39 is 4.92 Å². The smallest absolute Gasteiger partial charge is 0.273 e. The zero-order valence-corrected chi connectivity index (χ0v) is 12.2. The minimum Gasteiger partial charge on any atom is -0.496 e. The van der Waals surface area contributed by atoms with E-state index in [1.807, 2.05) is 6.92 Å². The minimum absolute atomic E-state index is 0.134. The third-order valence-electron chi connectivity index (χ3n) is 3.07. The molecule has 0 spiro atoms. The van der Waals surface area contributed by atoms with Crippen LogP contribution in [0.1, 0.15) is 30.1 Å². The zero-order valence-electron chi connectivity index (χ0n) is 12.2. The fraction of sp³-hybridized carbons (Fsp3) is 0.500. The summed E-state index contributed by atoms with van der Waals surface area (Å²) >= 11 is 0. The van der Waals surface area contributed by atoms with Gasteiger partial charge in [0, 0.05) is 19.2 Å². The SMILES string of the molecule is CCCCN(CCO)C(=O)c1ccc([N+](=O)[O-])cc1OC. The van der Waals surface area contributed by atoms with Crippen LogP contribution in [0.15, 0.2) is 18.2 Å². The van der Waals surface area contributed by atoms with Crippen LogP contribution in [0.2, 0.25) is 0 Å². The summed E-state index contributed by atoms with van der Waals surface area (Å²) in [5, 5.41) is 19.8. The molecule has 116 valence electrons. The minimum atomic E-state index is -0.542. The molecule has 0 aromatic heterocycles. The Balaban J connectivity index is 3.05. The highest BCUT2D eigenvalue weighted by Gasteiger charge is 2.21. The first-order valence-electron chi connectivity index (χ1n) is 6.77. The van der Waals surface area contributed by atoms with Crippen molar-refractivity contribution in [1.29, 1.82) is 0 Å². The lowest BCUT2D eigenvalue weighted by molar-refractivity contribution is -0.384. The van der Waals surface area contributed by atoms with E-state index in [1.165, 1.54) is 30.2 Å². The number of hydrogen-bond donors (Lipinski definition) is 1. The second-order valence-electron chi connectivity index (χ2n) is 4.51. The molecule has 7 nitrogen and oxygen atoms in total. The van der Waals surface area contributed by atoms with Gasteiger partial charge in [-0.1, -0.05) is 13.3 Å². The Labute approximate surface area is 123 Å². The van der Waals surface area contributed by atoms with E-state index in [9.17, 15) is 14.9 Å². The number of aliphatic hydroxyl groups is 1. The molecule has 0 aliphatic rings. The van der Waals surface area contributed by atoms with Gasteiger partial charge in [-0.15, -0.1) is 0 Å². The Morgan fingerprint density at radius 2 is 2.14 bits per heavy atom. The standard InChI is InChI=1S/C14H20N2O5/c1-3-4-7-15(8-9-17)14(18)12-6-5-11(16(19)20)10-13(12)21-2/h5-6,10,17H,3-4,7-9H2,1-2H3. The fourth-order valence-corrected chi connectivity index (χ4v) is 1.93. The third-order valence-corrected chi connectivity index (χ3v) is 3.07. The van der Waals surface area contributed by atoms with Crippen LogP contribution in [0.4, 0.5) is 5.69 Å². The van der Waals surface area contributed by atoms with E-state index in [-0.39, 0.29) is 36.1 Å². The largest absolute Gasteiger partial charge is 0.496 e. The quantitative estimate of drug-likeness (QED) is 0.583. The van der Waals surface area contributed by atoms with Crippen molar-refractivity contribution in [3.05, 3.63) is 33.9 Å². The summed E-state index contributed by atoms with van der Waals surface area (Å²) in [6.07, 6.45) is 1.74. The molecular formula is C14H20N2O5. The van der Waals surface area contributed by atoms with Gasteiger partial charge >= 0.3 is 0 Å². The van der Waals surface area contributed by atoms with E-state index >= 15 is 0 Å². The second kappa shape index (κ2) is 8.21. The summed E-state index contributed by atoms with van der Waals surface area (Å²) in [5.41, 5.74) is 0.123. The van der Waals surface area contributed by atoms with Crippen molar-refractivity contribution in [3.63, 3.8) is 0 Å². The molecule has 0 aliphatic heterocycles. The van der Waals surface area contributed by atoms with Crippen LogP contribution in [0.3, 0.4) is 0 Å². The second-order valence-corrected chi connectivity index (χ2v) is 4.51. The monoisotopic (exact) mass is 296 g/mol. The van der Waals surface area contributed by atoms with Gasteiger partial charge < -0.3 is 14.7 Å². The number of nitro groups is 1. The number of hydrogen-bond acceptors (Lipinski definition) is 5. The Bertz CT molecular complexity index is 504. The molecule has 1 aromatic carbocycles. The van der Waals surface area contributed by atoms with Crippen LogP contribution >= 0.6 is 0 Å². The van der Waals surface area contributed by atoms with E-state index in [1.54, 1.807) is 0 Å². The first-order valence-corrected chi connectivity index (χ1v) is 6.77. The number of methoxy groups -OCH3 is 1. The predicted octanol–water partition coefficient (Wildman–Crippen LogP) is 1.84. The maximum absolute atomic E-state index is 12.5. The zero-order chi connectivity index (χ0) is 15.8. The van der Waals surface area contributed by atoms with Gasteiger partial charge in [0.05, 0.1) is 30.3 Å². The summed E-state index contributed by atoms with van der Waals surface area (Å²) in [5.74, 6) is -0.141. The van der Waals surface area contributed by atoms with E-state index in [2.05, 4.69) is 0 Å². The number of ether oxygens (including phenoxy) is 1. The molecule has 1 aromatic rings. The lowest BCUT2D eigenvalue weighted by atomic mass is 10.1. The number of nitro benzene ring substituents is 1. The van der Waals surface area contributed by atoms with Gasteiger partial charge in [0.1, 0.15) is 5.75 Å². The number of amides is 1. The van der Waals surface area contributed by atoms with E-state index in [0.717, 1.165) is 12.8 Å². The van der Waals surface area contributed by atoms with Crippen molar-refractivity contribution in [3.8, 4) is 5.75 Å². The summed E-state index contributed by atoms with van der Waals surface area (Å²) in [4.78, 5) is 24.2. The molecule has 21 heavy (non-hydrogen) atoms. The summed E-state index contributed by atoms with van der Waals surface area (Å²) in [6, 6.07) is 3.88. The first kappa shape index (κ1) is 16.9. The van der Waals surface area contributed by atoms with Gasteiger partial charge in [0.25, 0.3) is 11.6 Å². The molecule has 1 amide bonds. The molecule has 0 atom stereocenters. The van der Waals surface area contributed by atoms with Gasteiger partial charge in [-0.2, -0.15) is 0 Å². The molecule has 1 N–H and O–H groups in total. The topological polar surface area (TPSA) is 92.9 Å². The molecule has 0 saturated carbocycles. The van der Waals surface area contributed by atoms with Crippen LogP contribution in [0.5, 0.6) is 5.75 Å². The molecule has 0 bridgehead atoms. The van der Waals surface area contributed by atoms with Gasteiger partial charge in [0.2, 0.25) is 0 Å². The molecule has 0 heterocycles. The number of nitrogens with zero attached hydrogens (tertiary/aromatic N) is 2. The summed E-state index contributed by atoms with van der Waals surface area (Å²) in [7, 11) is 1.36. The Morgan fingerprint density at radius 3 is 2.67 bits per heavy atom. The van der Waals surface area contributed by atoms with Crippen LogP contribution in [0.25, 0.3) is 0 Å². The number of non-ortho nitro benzene ring substituents is 1. The lowest BCUT2D eigenvalue weighted by Crippen LogP contribution is -2.34. The maximum atomic E-state index is 12.5. The van der Waals surface area contributed by atoms with Crippen molar-refractivity contribution in [2.24, 2.45) is 0 Å². The highest BCUT2D eigenvalue weighted by atomic mass is 16.6. The van der Waals surface area contributed by atoms with Crippen molar-refractivity contribution in [2.75, 3.05) is 26.8 Å². The normalized spacial score (nSPS) is 10.2. The molecule has 0 aliphatic carbocycles. The molecule has 7 heteroatoms. The van der Waals surface area contributed by atoms with Crippen molar-refractivity contribution < 1.29 is 19.6 Å². The van der Waals surface area contributed by atoms with Crippen molar-refractivity contribution >= 4 is 11.6 Å². The fourth-order valence-electron chi connectivity index (χ4n) is 1.93. The van der Waals surface area contributed by atoms with Crippen molar-refractivity contribution in [2.45, 2.75) is 19.8 Å². The third kappa shape index (κ3) is 4.42. The number of carbonyl (C=O) groups excluding carboxylic acids is 1. The van der Waals surface area contributed by atoms with Crippen LogP contribution < -0.4 is 4.74 Å². The number of aliphatic hydroxyl groups excluding tert-OH is 1. The average molecular weight is 296 g/mol.